The van der Waals surface area contributed by atoms with Crippen molar-refractivity contribution in [3.8, 4) is 17.0 Å². The van der Waals surface area contributed by atoms with E-state index in [1.165, 1.54) is 0 Å². The lowest BCUT2D eigenvalue weighted by molar-refractivity contribution is -0.0367. The van der Waals surface area contributed by atoms with Crippen molar-refractivity contribution >= 4 is 37.5 Å². The minimum Gasteiger partial charge on any atom is -0.473 e. The van der Waals surface area contributed by atoms with E-state index in [0.29, 0.717) is 32.8 Å². The second-order valence-electron chi connectivity index (χ2n) is 17.8. The van der Waals surface area contributed by atoms with Crippen LogP contribution in [-0.4, -0.2) is 99.1 Å². The van der Waals surface area contributed by atoms with Crippen molar-refractivity contribution in [1.29, 1.82) is 0 Å². The molecule has 2 bridgehead atoms. The van der Waals surface area contributed by atoms with Crippen LogP contribution in [0.15, 0.2) is 24.4 Å². The lowest BCUT2D eigenvalue weighted by Crippen LogP contribution is -2.41. The van der Waals surface area contributed by atoms with Gasteiger partial charge in [0, 0.05) is 44.7 Å². The molecule has 5 heterocycles. The summed E-state index contributed by atoms with van der Waals surface area (Å²) < 4.78 is 31.2. The average molecular weight is 775 g/mol. The smallest absolute Gasteiger partial charge is 0.410 e. The largest absolute Gasteiger partial charge is 0.473 e. The number of hydrogen-bond donors (Lipinski definition) is 0. The van der Waals surface area contributed by atoms with Crippen LogP contribution in [0, 0.1) is 0 Å². The van der Waals surface area contributed by atoms with E-state index < -0.39 is 20.0 Å². The summed E-state index contributed by atoms with van der Waals surface area (Å²) in [5, 5.41) is 16.1. The maximum absolute atomic E-state index is 13.3. The summed E-state index contributed by atoms with van der Waals surface area (Å²) in [6.07, 6.45) is 8.44. The second kappa shape index (κ2) is 15.9. The lowest BCUT2D eigenvalue weighted by Gasteiger charge is -2.36. The van der Waals surface area contributed by atoms with Gasteiger partial charge in [0.2, 0.25) is 5.88 Å². The summed E-state index contributed by atoms with van der Waals surface area (Å²) in [4.78, 5) is 17.1. The zero-order valence-corrected chi connectivity index (χ0v) is 36.1. The van der Waals surface area contributed by atoms with Gasteiger partial charge in [0.25, 0.3) is 0 Å². The number of carbonyl (C=O) groups is 1. The number of ether oxygens (including phenoxy) is 3. The summed E-state index contributed by atoms with van der Waals surface area (Å²) in [7, 11) is 3.77. The van der Waals surface area contributed by atoms with Crippen molar-refractivity contribution in [1.82, 2.24) is 39.1 Å². The van der Waals surface area contributed by atoms with Crippen LogP contribution in [0.25, 0.3) is 34.2 Å². The van der Waals surface area contributed by atoms with Gasteiger partial charge in [-0.05, 0) is 102 Å². The number of aryl methyl sites for hydroxylation is 1. The van der Waals surface area contributed by atoms with Gasteiger partial charge in [-0.1, -0.05) is 26.8 Å². The first kappa shape index (κ1) is 40.7. The molecule has 2 aliphatic heterocycles. The van der Waals surface area contributed by atoms with E-state index in [-0.39, 0.29) is 23.9 Å². The number of hydrogen-bond acceptors (Lipinski definition) is 9. The van der Waals surface area contributed by atoms with E-state index in [9.17, 15) is 4.79 Å². The number of amides is 1. The third-order valence-corrected chi connectivity index (χ3v) is 15.4. The Morgan fingerprint density at radius 3 is 2.53 bits per heavy atom. The average Bonchev–Trinajstić information content (AvgIpc) is 3.74. The summed E-state index contributed by atoms with van der Waals surface area (Å²) in [6, 6.07) is 6.43. The molecular weight excluding hydrogens is 713 g/mol. The Labute approximate surface area is 327 Å². The summed E-state index contributed by atoms with van der Waals surface area (Å²) in [6.45, 7) is 22.3. The van der Waals surface area contributed by atoms with Gasteiger partial charge in [-0.3, -0.25) is 9.58 Å². The third kappa shape index (κ3) is 9.19. The van der Waals surface area contributed by atoms with Gasteiger partial charge >= 0.3 is 6.09 Å². The van der Waals surface area contributed by atoms with Crippen molar-refractivity contribution in [2.24, 2.45) is 7.05 Å². The molecule has 0 radical (unpaired) electrons. The summed E-state index contributed by atoms with van der Waals surface area (Å²) in [5.74, 6) is 0.719. The quantitative estimate of drug-likeness (QED) is 0.172. The Morgan fingerprint density at radius 2 is 1.84 bits per heavy atom. The molecule has 0 spiro atoms. The Balaban J connectivity index is 1.50. The molecule has 300 valence electrons. The molecular formula is C41H62N8O5Si. The van der Waals surface area contributed by atoms with Crippen LogP contribution in [-0.2, 0) is 40.6 Å². The van der Waals surface area contributed by atoms with Crippen LogP contribution < -0.4 is 4.74 Å². The van der Waals surface area contributed by atoms with E-state index in [1.54, 1.807) is 16.6 Å². The molecule has 6 rings (SSSR count). The summed E-state index contributed by atoms with van der Waals surface area (Å²) >= 11 is 0. The van der Waals surface area contributed by atoms with Gasteiger partial charge < -0.3 is 23.5 Å². The van der Waals surface area contributed by atoms with Crippen molar-refractivity contribution < 1.29 is 23.4 Å². The highest BCUT2D eigenvalue weighted by atomic mass is 28.4. The molecule has 0 saturated carbocycles. The van der Waals surface area contributed by atoms with E-state index in [1.807, 2.05) is 38.7 Å². The van der Waals surface area contributed by atoms with Gasteiger partial charge in [0.15, 0.2) is 14.5 Å². The Morgan fingerprint density at radius 1 is 1.07 bits per heavy atom. The van der Waals surface area contributed by atoms with Gasteiger partial charge in [0.1, 0.15) is 11.7 Å². The molecule has 55 heavy (non-hydrogen) atoms. The molecule has 2 atom stereocenters. The molecule has 3 aromatic heterocycles. The second-order valence-corrected chi connectivity index (χ2v) is 22.6. The fourth-order valence-corrected chi connectivity index (χ4v) is 8.00. The highest BCUT2D eigenvalue weighted by molar-refractivity contribution is 6.74. The SMILES string of the molecule is C[C@H]1CN(C)Cc2c(c(CN(C)C(=O)OC(C)(C)C)nn2CCO[Si](C)(C)C(C)(C)C)/C=C\c2nn(C3CCCCO3)c3ccc(cc23)-c2cnn(C)c2O1. The van der Waals surface area contributed by atoms with Crippen LogP contribution in [0.1, 0.15) is 96.6 Å². The Kier molecular flexibility index (Phi) is 11.7. The normalized spacial score (nSPS) is 19.3. The Hall–Kier alpha value is -3.98. The first-order chi connectivity index (χ1) is 25.8. The van der Waals surface area contributed by atoms with Gasteiger partial charge in [-0.15, -0.1) is 0 Å². The minimum atomic E-state index is -2.01. The molecule has 1 saturated heterocycles. The zero-order chi connectivity index (χ0) is 39.9. The first-order valence-electron chi connectivity index (χ1n) is 19.7. The van der Waals surface area contributed by atoms with Crippen molar-refractivity contribution in [2.75, 3.05) is 33.9 Å². The van der Waals surface area contributed by atoms with Crippen LogP contribution >= 0.6 is 0 Å². The maximum atomic E-state index is 13.3. The number of nitrogens with zero attached hydrogens (tertiary/aromatic N) is 8. The van der Waals surface area contributed by atoms with Gasteiger partial charge in [-0.2, -0.15) is 15.3 Å². The number of likely N-dealkylation sites (N-methyl/N-ethyl adjacent to an activating group) is 1. The molecule has 1 fully saturated rings. The molecule has 14 heteroatoms. The molecule has 0 aliphatic carbocycles. The van der Waals surface area contributed by atoms with Crippen LogP contribution in [0.2, 0.25) is 18.1 Å². The number of rotatable bonds is 7. The molecule has 1 aromatic carbocycles. The highest BCUT2D eigenvalue weighted by Gasteiger charge is 2.37. The monoisotopic (exact) mass is 774 g/mol. The van der Waals surface area contributed by atoms with Crippen molar-refractivity contribution in [3.05, 3.63) is 47.0 Å². The van der Waals surface area contributed by atoms with Crippen LogP contribution in [0.3, 0.4) is 0 Å². The number of benzene rings is 1. The number of aromatic nitrogens is 6. The maximum Gasteiger partial charge on any atom is 0.410 e. The summed E-state index contributed by atoms with van der Waals surface area (Å²) in [5.41, 5.74) is 5.86. The first-order valence-corrected chi connectivity index (χ1v) is 22.6. The molecule has 1 amide bonds. The predicted octanol–water partition coefficient (Wildman–Crippen LogP) is 8.10. The van der Waals surface area contributed by atoms with E-state index >= 15 is 0 Å². The van der Waals surface area contributed by atoms with E-state index in [2.05, 4.69) is 92.9 Å². The standard InChI is InChI=1S/C41H62N8O5Si/c1-28-25-45(8)27-36-30(34(26-46(9)39(50)54-40(2,3)4)43-48(36)20-22-52-55(11,12)41(5,6)7)17-18-33-31-23-29(32-24-42-47(10)38(32)53-28)16-19-35(31)49(44-33)37-15-13-14-21-51-37/h16-19,23-24,28,37H,13-15,20-22,25-27H2,1-12H3/b18-17-/t28-,37?/m0/s1. The van der Waals surface area contributed by atoms with Gasteiger partial charge in [-0.25, -0.2) is 14.2 Å². The molecule has 2 aliphatic rings. The van der Waals surface area contributed by atoms with Crippen molar-refractivity contribution in [2.45, 2.75) is 123 Å². The van der Waals surface area contributed by atoms with Crippen LogP contribution in [0.4, 0.5) is 4.79 Å². The van der Waals surface area contributed by atoms with E-state index in [4.69, 9.17) is 28.8 Å². The van der Waals surface area contributed by atoms with Crippen molar-refractivity contribution in [3.63, 3.8) is 0 Å². The predicted molar refractivity (Wildman–Crippen MR) is 219 cm³/mol. The molecule has 0 N–H and O–H groups in total. The molecule has 4 aromatic rings. The zero-order valence-electron chi connectivity index (χ0n) is 35.1. The van der Waals surface area contributed by atoms with Crippen LogP contribution in [0.5, 0.6) is 5.88 Å². The lowest BCUT2D eigenvalue weighted by atomic mass is 10.0. The number of carbonyl (C=O) groups excluding carboxylic acids is 1. The van der Waals surface area contributed by atoms with E-state index in [0.717, 1.165) is 69.8 Å². The highest BCUT2D eigenvalue weighted by Crippen LogP contribution is 2.38. The topological polar surface area (TPSA) is 114 Å². The Bertz CT molecular complexity index is 2010. The minimum absolute atomic E-state index is 0.0810. The third-order valence-electron chi connectivity index (χ3n) is 10.9. The number of fused-ring (bicyclic) bond motifs is 4. The molecule has 13 nitrogen and oxygen atoms in total. The molecule has 1 unspecified atom stereocenters. The fourth-order valence-electron chi connectivity index (χ4n) is 6.96. The van der Waals surface area contributed by atoms with Gasteiger partial charge in [0.05, 0.1) is 54.1 Å². The fraction of sp³-hybridized carbons (Fsp3) is 0.610.